The van der Waals surface area contributed by atoms with Gasteiger partial charge in [-0.2, -0.15) is 0 Å². The Bertz CT molecular complexity index is 641. The molecule has 0 fully saturated rings. The van der Waals surface area contributed by atoms with E-state index in [1.54, 1.807) is 0 Å². The van der Waals surface area contributed by atoms with Crippen LogP contribution in [0.5, 0.6) is 0 Å². The van der Waals surface area contributed by atoms with Crippen LogP contribution in [0.2, 0.25) is 0 Å². The van der Waals surface area contributed by atoms with Gasteiger partial charge >= 0.3 is 0 Å². The van der Waals surface area contributed by atoms with Crippen molar-refractivity contribution in [2.45, 2.75) is 47.1 Å². The van der Waals surface area contributed by atoms with Crippen LogP contribution in [0.1, 0.15) is 45.0 Å². The van der Waals surface area contributed by atoms with Gasteiger partial charge in [-0.05, 0) is 81.5 Å². The molecule has 0 spiro atoms. The number of aryl methyl sites for hydroxylation is 5. The SMILES string of the molecule is CNC(Cc1cc(C)ccc1C)c1cc(C)c(C)cc1C. The molecule has 1 N–H and O–H groups in total. The van der Waals surface area contributed by atoms with Crippen molar-refractivity contribution >= 4 is 0 Å². The van der Waals surface area contributed by atoms with Crippen LogP contribution in [0.15, 0.2) is 30.3 Å². The molecule has 1 unspecified atom stereocenters. The first-order valence-corrected chi connectivity index (χ1v) is 7.73. The molecule has 0 aliphatic heterocycles. The summed E-state index contributed by atoms with van der Waals surface area (Å²) in [7, 11) is 2.06. The molecule has 1 atom stereocenters. The van der Waals surface area contributed by atoms with Crippen LogP contribution in [-0.2, 0) is 6.42 Å². The van der Waals surface area contributed by atoms with Crippen molar-refractivity contribution in [1.29, 1.82) is 0 Å². The van der Waals surface area contributed by atoms with Crippen molar-refractivity contribution in [2.75, 3.05) is 7.05 Å². The topological polar surface area (TPSA) is 12.0 Å². The zero-order valence-electron chi connectivity index (χ0n) is 14.2. The second-order valence-electron chi connectivity index (χ2n) is 6.27. The third-order valence-corrected chi connectivity index (χ3v) is 4.53. The quantitative estimate of drug-likeness (QED) is 0.854. The highest BCUT2D eigenvalue weighted by molar-refractivity contribution is 5.40. The van der Waals surface area contributed by atoms with E-state index in [1.807, 2.05) is 0 Å². The average molecular weight is 281 g/mol. The third-order valence-electron chi connectivity index (χ3n) is 4.53. The van der Waals surface area contributed by atoms with Gasteiger partial charge in [0.05, 0.1) is 0 Å². The first-order valence-electron chi connectivity index (χ1n) is 7.73. The van der Waals surface area contributed by atoms with Gasteiger partial charge in [-0.3, -0.25) is 0 Å². The summed E-state index contributed by atoms with van der Waals surface area (Å²) in [5, 5.41) is 3.50. The Balaban J connectivity index is 2.36. The molecule has 0 aliphatic rings. The van der Waals surface area contributed by atoms with Crippen molar-refractivity contribution in [2.24, 2.45) is 0 Å². The summed E-state index contributed by atoms with van der Waals surface area (Å²) in [6, 6.07) is 11.7. The normalized spacial score (nSPS) is 12.5. The summed E-state index contributed by atoms with van der Waals surface area (Å²) >= 11 is 0. The predicted molar refractivity (Wildman–Crippen MR) is 92.1 cm³/mol. The maximum Gasteiger partial charge on any atom is 0.0361 e. The monoisotopic (exact) mass is 281 g/mol. The Labute approximate surface area is 129 Å². The molecule has 0 aromatic heterocycles. The summed E-state index contributed by atoms with van der Waals surface area (Å²) in [5.41, 5.74) is 9.69. The molecule has 0 saturated heterocycles. The van der Waals surface area contributed by atoms with Crippen LogP contribution in [0.4, 0.5) is 0 Å². The van der Waals surface area contributed by atoms with E-state index in [-0.39, 0.29) is 0 Å². The number of hydrogen-bond donors (Lipinski definition) is 1. The van der Waals surface area contributed by atoms with Crippen LogP contribution < -0.4 is 5.32 Å². The Morgan fingerprint density at radius 2 is 1.48 bits per heavy atom. The van der Waals surface area contributed by atoms with Crippen LogP contribution >= 0.6 is 0 Å². The molecule has 112 valence electrons. The fourth-order valence-corrected chi connectivity index (χ4v) is 2.97. The van der Waals surface area contributed by atoms with Crippen molar-refractivity contribution in [3.8, 4) is 0 Å². The second-order valence-corrected chi connectivity index (χ2v) is 6.27. The van der Waals surface area contributed by atoms with Gasteiger partial charge in [-0.25, -0.2) is 0 Å². The van der Waals surface area contributed by atoms with Crippen molar-refractivity contribution in [1.82, 2.24) is 5.32 Å². The lowest BCUT2D eigenvalue weighted by atomic mass is 9.90. The molecular weight excluding hydrogens is 254 g/mol. The molecule has 0 bridgehead atoms. The highest BCUT2D eigenvalue weighted by Crippen LogP contribution is 2.26. The van der Waals surface area contributed by atoms with Gasteiger partial charge < -0.3 is 5.32 Å². The number of nitrogens with one attached hydrogen (secondary N) is 1. The van der Waals surface area contributed by atoms with Gasteiger partial charge in [0.15, 0.2) is 0 Å². The fraction of sp³-hybridized carbons (Fsp3) is 0.400. The lowest BCUT2D eigenvalue weighted by Gasteiger charge is -2.22. The molecule has 1 nitrogen and oxygen atoms in total. The molecule has 2 aromatic rings. The summed E-state index contributed by atoms with van der Waals surface area (Å²) in [6.45, 7) is 11.0. The van der Waals surface area contributed by atoms with E-state index in [0.29, 0.717) is 6.04 Å². The zero-order chi connectivity index (χ0) is 15.6. The first kappa shape index (κ1) is 15.8. The van der Waals surface area contributed by atoms with E-state index in [9.17, 15) is 0 Å². The summed E-state index contributed by atoms with van der Waals surface area (Å²) < 4.78 is 0. The van der Waals surface area contributed by atoms with E-state index >= 15 is 0 Å². The summed E-state index contributed by atoms with van der Waals surface area (Å²) in [5.74, 6) is 0. The molecule has 21 heavy (non-hydrogen) atoms. The van der Waals surface area contributed by atoms with Crippen LogP contribution in [0, 0.1) is 34.6 Å². The highest BCUT2D eigenvalue weighted by atomic mass is 14.9. The minimum Gasteiger partial charge on any atom is -0.313 e. The zero-order valence-corrected chi connectivity index (χ0v) is 14.2. The fourth-order valence-electron chi connectivity index (χ4n) is 2.97. The Morgan fingerprint density at radius 1 is 0.810 bits per heavy atom. The molecule has 2 rings (SSSR count). The maximum atomic E-state index is 3.50. The third kappa shape index (κ3) is 3.54. The molecule has 0 amide bonds. The van der Waals surface area contributed by atoms with Gasteiger partial charge in [0, 0.05) is 6.04 Å². The molecular formula is C20H27N. The van der Waals surface area contributed by atoms with Crippen molar-refractivity contribution in [3.05, 3.63) is 69.3 Å². The minimum absolute atomic E-state index is 0.366. The van der Waals surface area contributed by atoms with E-state index in [1.165, 1.54) is 38.9 Å². The van der Waals surface area contributed by atoms with Gasteiger partial charge in [0.2, 0.25) is 0 Å². The van der Waals surface area contributed by atoms with Gasteiger partial charge in [0.1, 0.15) is 0 Å². The molecule has 1 heteroatoms. The minimum atomic E-state index is 0.366. The molecule has 2 aromatic carbocycles. The molecule has 0 heterocycles. The van der Waals surface area contributed by atoms with E-state index in [0.717, 1.165) is 6.42 Å². The Kier molecular flexibility index (Phi) is 4.84. The molecule has 0 radical (unpaired) electrons. The first-order chi connectivity index (χ1) is 9.92. The predicted octanol–water partition coefficient (Wildman–Crippen LogP) is 4.73. The average Bonchev–Trinajstić information content (AvgIpc) is 2.44. The number of rotatable bonds is 4. The van der Waals surface area contributed by atoms with Crippen LogP contribution in [-0.4, -0.2) is 7.05 Å². The smallest absolute Gasteiger partial charge is 0.0361 e. The van der Waals surface area contributed by atoms with Crippen LogP contribution in [0.25, 0.3) is 0 Å². The Hall–Kier alpha value is -1.60. The lowest BCUT2D eigenvalue weighted by molar-refractivity contribution is 0.587. The van der Waals surface area contributed by atoms with E-state index in [2.05, 4.69) is 77.3 Å². The van der Waals surface area contributed by atoms with Crippen molar-refractivity contribution in [3.63, 3.8) is 0 Å². The second kappa shape index (κ2) is 6.44. The van der Waals surface area contributed by atoms with E-state index < -0.39 is 0 Å². The van der Waals surface area contributed by atoms with Crippen molar-refractivity contribution < 1.29 is 0 Å². The van der Waals surface area contributed by atoms with Gasteiger partial charge in [0.25, 0.3) is 0 Å². The van der Waals surface area contributed by atoms with Crippen LogP contribution in [0.3, 0.4) is 0 Å². The molecule has 0 saturated carbocycles. The molecule has 0 aliphatic carbocycles. The number of likely N-dealkylation sites (N-methyl/N-ethyl adjacent to an activating group) is 1. The van der Waals surface area contributed by atoms with Gasteiger partial charge in [-0.1, -0.05) is 35.9 Å². The summed E-state index contributed by atoms with van der Waals surface area (Å²) in [6.07, 6.45) is 1.04. The Morgan fingerprint density at radius 3 is 2.14 bits per heavy atom. The van der Waals surface area contributed by atoms with Gasteiger partial charge in [-0.15, -0.1) is 0 Å². The standard InChI is InChI=1S/C20H27N/c1-13-7-8-14(2)18(9-13)12-20(21-6)19-11-16(4)15(3)10-17(19)5/h7-11,20-21H,12H2,1-6H3. The number of hydrogen-bond acceptors (Lipinski definition) is 1. The number of benzene rings is 2. The lowest BCUT2D eigenvalue weighted by Crippen LogP contribution is -2.20. The maximum absolute atomic E-state index is 3.50. The largest absolute Gasteiger partial charge is 0.313 e. The highest BCUT2D eigenvalue weighted by Gasteiger charge is 2.15. The van der Waals surface area contributed by atoms with E-state index in [4.69, 9.17) is 0 Å². The summed E-state index contributed by atoms with van der Waals surface area (Å²) in [4.78, 5) is 0.